The standard InChI is InChI=1S/C13H11NO3/c1-8-5-11(15)12(16)6-10(8)13(17)9-3-2-4-14-7-9/h2-7,15-16H,1H3. The molecule has 0 fully saturated rings. The first kappa shape index (κ1) is 11.1. The second-order valence-electron chi connectivity index (χ2n) is 3.73. The predicted octanol–water partition coefficient (Wildman–Crippen LogP) is 2.03. The molecule has 0 unspecified atom stereocenters. The van der Waals surface area contributed by atoms with Gasteiger partial charge in [0.05, 0.1) is 0 Å². The van der Waals surface area contributed by atoms with Gasteiger partial charge in [0.2, 0.25) is 0 Å². The molecule has 86 valence electrons. The number of aryl methyl sites for hydroxylation is 1. The highest BCUT2D eigenvalue weighted by Crippen LogP contribution is 2.29. The molecule has 0 saturated heterocycles. The number of hydrogen-bond donors (Lipinski definition) is 2. The molecule has 0 aliphatic heterocycles. The van der Waals surface area contributed by atoms with E-state index < -0.39 is 0 Å². The van der Waals surface area contributed by atoms with Crippen molar-refractivity contribution >= 4 is 5.78 Å². The lowest BCUT2D eigenvalue weighted by molar-refractivity contribution is 0.103. The van der Waals surface area contributed by atoms with Gasteiger partial charge in [0.25, 0.3) is 0 Å². The summed E-state index contributed by atoms with van der Waals surface area (Å²) < 4.78 is 0. The molecule has 4 nitrogen and oxygen atoms in total. The maximum Gasteiger partial charge on any atom is 0.194 e. The topological polar surface area (TPSA) is 70.4 Å². The summed E-state index contributed by atoms with van der Waals surface area (Å²) in [5.41, 5.74) is 1.41. The quantitative estimate of drug-likeness (QED) is 0.610. The van der Waals surface area contributed by atoms with Crippen molar-refractivity contribution in [2.24, 2.45) is 0 Å². The summed E-state index contributed by atoms with van der Waals surface area (Å²) >= 11 is 0. The number of benzene rings is 1. The summed E-state index contributed by atoms with van der Waals surface area (Å²) in [4.78, 5) is 16.0. The average molecular weight is 229 g/mol. The number of phenols is 2. The Kier molecular flexibility index (Phi) is 2.78. The van der Waals surface area contributed by atoms with Crippen LogP contribution in [0.3, 0.4) is 0 Å². The largest absolute Gasteiger partial charge is 0.504 e. The molecule has 2 N–H and O–H groups in total. The maximum atomic E-state index is 12.1. The van der Waals surface area contributed by atoms with Crippen molar-refractivity contribution in [2.45, 2.75) is 6.92 Å². The zero-order valence-corrected chi connectivity index (χ0v) is 9.21. The number of phenolic OH excluding ortho intramolecular Hbond substituents is 2. The Bertz CT molecular complexity index is 564. The van der Waals surface area contributed by atoms with Crippen LogP contribution in [0.15, 0.2) is 36.7 Å². The van der Waals surface area contributed by atoms with Crippen LogP contribution in [0.5, 0.6) is 11.5 Å². The summed E-state index contributed by atoms with van der Waals surface area (Å²) in [6.07, 6.45) is 3.05. The fraction of sp³-hybridized carbons (Fsp3) is 0.0769. The summed E-state index contributed by atoms with van der Waals surface area (Å²) in [6, 6.07) is 5.94. The van der Waals surface area contributed by atoms with Crippen molar-refractivity contribution in [3.8, 4) is 11.5 Å². The van der Waals surface area contributed by atoms with Gasteiger partial charge < -0.3 is 10.2 Å². The van der Waals surface area contributed by atoms with Crippen molar-refractivity contribution < 1.29 is 15.0 Å². The number of aromatic nitrogens is 1. The zero-order chi connectivity index (χ0) is 12.4. The normalized spacial score (nSPS) is 10.2. The second-order valence-corrected chi connectivity index (χ2v) is 3.73. The van der Waals surface area contributed by atoms with E-state index >= 15 is 0 Å². The SMILES string of the molecule is Cc1cc(O)c(O)cc1C(=O)c1cccnc1. The fourth-order valence-corrected chi connectivity index (χ4v) is 1.58. The van der Waals surface area contributed by atoms with Gasteiger partial charge in [-0.15, -0.1) is 0 Å². The van der Waals surface area contributed by atoms with E-state index in [4.69, 9.17) is 0 Å². The molecule has 0 bridgehead atoms. The van der Waals surface area contributed by atoms with E-state index in [2.05, 4.69) is 4.98 Å². The third-order valence-electron chi connectivity index (χ3n) is 2.49. The van der Waals surface area contributed by atoms with Crippen LogP contribution in [0.2, 0.25) is 0 Å². The molecule has 0 amide bonds. The van der Waals surface area contributed by atoms with Crippen LogP contribution in [0.1, 0.15) is 21.5 Å². The van der Waals surface area contributed by atoms with Gasteiger partial charge in [-0.05, 0) is 36.8 Å². The third-order valence-corrected chi connectivity index (χ3v) is 2.49. The van der Waals surface area contributed by atoms with Crippen LogP contribution >= 0.6 is 0 Å². The van der Waals surface area contributed by atoms with Gasteiger partial charge in [-0.1, -0.05) is 0 Å². The van der Waals surface area contributed by atoms with E-state index in [0.717, 1.165) is 0 Å². The number of carbonyl (C=O) groups is 1. The van der Waals surface area contributed by atoms with Gasteiger partial charge in [0, 0.05) is 23.5 Å². The molecular weight excluding hydrogens is 218 g/mol. The maximum absolute atomic E-state index is 12.1. The molecular formula is C13H11NO3. The van der Waals surface area contributed by atoms with Crippen LogP contribution in [-0.2, 0) is 0 Å². The van der Waals surface area contributed by atoms with Gasteiger partial charge in [-0.3, -0.25) is 9.78 Å². The number of nitrogens with zero attached hydrogens (tertiary/aromatic N) is 1. The van der Waals surface area contributed by atoms with Crippen LogP contribution in [-0.4, -0.2) is 21.0 Å². The minimum atomic E-state index is -0.303. The highest BCUT2D eigenvalue weighted by molar-refractivity contribution is 6.10. The van der Waals surface area contributed by atoms with Crippen molar-refractivity contribution in [1.82, 2.24) is 4.98 Å². The molecule has 0 spiro atoms. The van der Waals surface area contributed by atoms with Crippen LogP contribution in [0.4, 0.5) is 0 Å². The molecule has 2 aromatic rings. The molecule has 0 radical (unpaired) electrons. The number of pyridine rings is 1. The van der Waals surface area contributed by atoms with E-state index in [1.54, 1.807) is 25.3 Å². The molecule has 0 atom stereocenters. The number of hydrogen-bond acceptors (Lipinski definition) is 4. The monoisotopic (exact) mass is 229 g/mol. The predicted molar refractivity (Wildman–Crippen MR) is 62.2 cm³/mol. The first-order valence-electron chi connectivity index (χ1n) is 5.07. The molecule has 2 rings (SSSR count). The molecule has 17 heavy (non-hydrogen) atoms. The van der Waals surface area contributed by atoms with E-state index in [-0.39, 0.29) is 17.3 Å². The highest BCUT2D eigenvalue weighted by atomic mass is 16.3. The van der Waals surface area contributed by atoms with E-state index in [9.17, 15) is 15.0 Å². The van der Waals surface area contributed by atoms with Crippen molar-refractivity contribution in [2.75, 3.05) is 0 Å². The number of ketones is 1. The Morgan fingerprint density at radius 3 is 2.59 bits per heavy atom. The summed E-state index contributed by atoms with van der Waals surface area (Å²) in [5, 5.41) is 18.7. The van der Waals surface area contributed by atoms with Crippen LogP contribution in [0, 0.1) is 6.92 Å². The molecule has 1 heterocycles. The molecule has 0 saturated carbocycles. The van der Waals surface area contributed by atoms with Gasteiger partial charge in [-0.25, -0.2) is 0 Å². The van der Waals surface area contributed by atoms with Gasteiger partial charge >= 0.3 is 0 Å². The fourth-order valence-electron chi connectivity index (χ4n) is 1.58. The van der Waals surface area contributed by atoms with Crippen LogP contribution < -0.4 is 0 Å². The Balaban J connectivity index is 2.48. The second kappa shape index (κ2) is 4.25. The Hall–Kier alpha value is -2.36. The smallest absolute Gasteiger partial charge is 0.194 e. The van der Waals surface area contributed by atoms with Crippen LogP contribution in [0.25, 0.3) is 0 Å². The van der Waals surface area contributed by atoms with Crippen molar-refractivity contribution in [3.63, 3.8) is 0 Å². The van der Waals surface area contributed by atoms with E-state index in [0.29, 0.717) is 16.7 Å². The molecule has 0 aliphatic rings. The Morgan fingerprint density at radius 2 is 1.94 bits per heavy atom. The summed E-state index contributed by atoms with van der Waals surface area (Å²) in [7, 11) is 0. The zero-order valence-electron chi connectivity index (χ0n) is 9.21. The lowest BCUT2D eigenvalue weighted by atomic mass is 9.99. The first-order valence-corrected chi connectivity index (χ1v) is 5.07. The Morgan fingerprint density at radius 1 is 1.24 bits per heavy atom. The lowest BCUT2D eigenvalue weighted by Gasteiger charge is -2.06. The number of aromatic hydroxyl groups is 2. The molecule has 1 aromatic carbocycles. The van der Waals surface area contributed by atoms with E-state index in [1.807, 2.05) is 0 Å². The first-order chi connectivity index (χ1) is 8.09. The summed E-state index contributed by atoms with van der Waals surface area (Å²) in [6.45, 7) is 1.70. The molecule has 1 aromatic heterocycles. The molecule has 0 aliphatic carbocycles. The number of rotatable bonds is 2. The highest BCUT2D eigenvalue weighted by Gasteiger charge is 2.14. The minimum Gasteiger partial charge on any atom is -0.504 e. The molecule has 4 heteroatoms. The average Bonchev–Trinajstić information content (AvgIpc) is 2.34. The van der Waals surface area contributed by atoms with Crippen molar-refractivity contribution in [3.05, 3.63) is 53.3 Å². The van der Waals surface area contributed by atoms with E-state index in [1.165, 1.54) is 18.3 Å². The van der Waals surface area contributed by atoms with Gasteiger partial charge in [0.1, 0.15) is 0 Å². The lowest BCUT2D eigenvalue weighted by Crippen LogP contribution is -2.03. The summed E-state index contributed by atoms with van der Waals surface area (Å²) in [5.74, 6) is -0.765. The number of carbonyl (C=O) groups excluding carboxylic acids is 1. The third kappa shape index (κ3) is 2.10. The van der Waals surface area contributed by atoms with Gasteiger partial charge in [-0.2, -0.15) is 0 Å². The van der Waals surface area contributed by atoms with Gasteiger partial charge in [0.15, 0.2) is 17.3 Å². The minimum absolute atomic E-state index is 0.231. The Labute approximate surface area is 98.2 Å². The van der Waals surface area contributed by atoms with Crippen molar-refractivity contribution in [1.29, 1.82) is 0 Å².